The van der Waals surface area contributed by atoms with Crippen LogP contribution < -0.4 is 3.53 Å². The number of carbonyl (C=O) groups is 1. The van der Waals surface area contributed by atoms with Crippen LogP contribution in [0.25, 0.3) is 10.8 Å². The largest absolute Gasteiger partial charge is 0.293 e. The molecule has 70 valence electrons. The molecule has 0 saturated heterocycles. The monoisotopic (exact) mass is 298 g/mol. The molecule has 1 aromatic carbocycles. The van der Waals surface area contributed by atoms with Crippen LogP contribution in [0.4, 0.5) is 0 Å². The van der Waals surface area contributed by atoms with Gasteiger partial charge in [-0.2, -0.15) is 0 Å². The summed E-state index contributed by atoms with van der Waals surface area (Å²) in [5, 5.41) is 1.90. The molecule has 0 fully saturated rings. The Hall–Kier alpha value is -1.17. The van der Waals surface area contributed by atoms with Crippen molar-refractivity contribution in [3.05, 3.63) is 42.2 Å². The van der Waals surface area contributed by atoms with Crippen LogP contribution in [-0.2, 0) is 0 Å². The van der Waals surface area contributed by atoms with E-state index >= 15 is 0 Å². The lowest BCUT2D eigenvalue weighted by Gasteiger charge is -2.02. The van der Waals surface area contributed by atoms with Crippen LogP contribution in [-0.4, -0.2) is 10.9 Å². The van der Waals surface area contributed by atoms with Gasteiger partial charge in [-0.15, -0.1) is 0 Å². The van der Waals surface area contributed by atoms with Crippen LogP contribution in [0, 0.1) is 0 Å². The van der Waals surface area contributed by atoms with E-state index in [0.29, 0.717) is 5.69 Å². The summed E-state index contributed by atoms with van der Waals surface area (Å²) in [6.45, 7) is 0. The van der Waals surface area contributed by atoms with Crippen LogP contribution in [0.3, 0.4) is 0 Å². The summed E-state index contributed by atoms with van der Waals surface area (Å²) in [5.74, 6) is -0.164. The highest BCUT2D eigenvalue weighted by atomic mass is 127. The van der Waals surface area contributed by atoms with Gasteiger partial charge in [-0.05, 0) is 11.5 Å². The summed E-state index contributed by atoms with van der Waals surface area (Å²) < 4.78 is 2.54. The average molecular weight is 298 g/mol. The Morgan fingerprint density at radius 2 is 2.07 bits per heavy atom. The molecular weight excluding hydrogens is 291 g/mol. The molecule has 4 heteroatoms. The first-order valence-electron chi connectivity index (χ1n) is 4.07. The third-order valence-corrected chi connectivity index (χ3v) is 2.46. The maximum atomic E-state index is 11.4. The Balaban J connectivity index is 2.71. The highest BCUT2D eigenvalue weighted by molar-refractivity contribution is 14.1. The van der Waals surface area contributed by atoms with Crippen LogP contribution in [0.5, 0.6) is 0 Å². The van der Waals surface area contributed by atoms with Gasteiger partial charge in [-0.25, -0.2) is 0 Å². The number of amides is 1. The van der Waals surface area contributed by atoms with E-state index in [0.717, 1.165) is 10.8 Å². The van der Waals surface area contributed by atoms with E-state index in [4.69, 9.17) is 0 Å². The van der Waals surface area contributed by atoms with Crippen LogP contribution >= 0.6 is 22.9 Å². The molecule has 0 spiro atoms. The van der Waals surface area contributed by atoms with Gasteiger partial charge in [0.15, 0.2) is 0 Å². The minimum absolute atomic E-state index is 0.164. The molecule has 3 nitrogen and oxygen atoms in total. The summed E-state index contributed by atoms with van der Waals surface area (Å²) >= 11 is 1.81. The van der Waals surface area contributed by atoms with Gasteiger partial charge in [0.25, 0.3) is 5.91 Å². The molecule has 0 atom stereocenters. The van der Waals surface area contributed by atoms with E-state index < -0.39 is 0 Å². The maximum Gasteiger partial charge on any atom is 0.279 e. The van der Waals surface area contributed by atoms with E-state index in [1.807, 2.05) is 53.2 Å². The number of nitrogens with one attached hydrogen (secondary N) is 1. The quantitative estimate of drug-likeness (QED) is 0.648. The van der Waals surface area contributed by atoms with Crippen molar-refractivity contribution in [3.8, 4) is 0 Å². The number of carbonyl (C=O) groups excluding carboxylic acids is 1. The zero-order valence-electron chi connectivity index (χ0n) is 7.20. The van der Waals surface area contributed by atoms with Gasteiger partial charge in [-0.3, -0.25) is 13.3 Å². The van der Waals surface area contributed by atoms with Crippen LogP contribution in [0.1, 0.15) is 10.5 Å². The Kier molecular flexibility index (Phi) is 2.62. The van der Waals surface area contributed by atoms with Crippen molar-refractivity contribution in [2.24, 2.45) is 0 Å². The van der Waals surface area contributed by atoms with E-state index in [2.05, 4.69) is 8.51 Å². The maximum absolute atomic E-state index is 11.4. The van der Waals surface area contributed by atoms with Gasteiger partial charge < -0.3 is 0 Å². The molecule has 2 rings (SSSR count). The average Bonchev–Trinajstić information content (AvgIpc) is 2.27. The summed E-state index contributed by atoms with van der Waals surface area (Å²) in [7, 11) is 0. The number of pyridine rings is 1. The zero-order chi connectivity index (χ0) is 9.97. The SMILES string of the molecule is O=C(NI)c1nccc2ccccc12. The number of halogens is 1. The Bertz CT molecular complexity index is 479. The van der Waals surface area contributed by atoms with Gasteiger partial charge >= 0.3 is 0 Å². The van der Waals surface area contributed by atoms with Crippen molar-refractivity contribution in [2.45, 2.75) is 0 Å². The molecular formula is C10H7IN2O. The number of fused-ring (bicyclic) bond motifs is 1. The van der Waals surface area contributed by atoms with Crippen molar-refractivity contribution in [1.82, 2.24) is 8.51 Å². The van der Waals surface area contributed by atoms with E-state index in [1.165, 1.54) is 0 Å². The first-order valence-corrected chi connectivity index (χ1v) is 5.15. The molecule has 0 radical (unpaired) electrons. The molecule has 2 aromatic rings. The smallest absolute Gasteiger partial charge is 0.279 e. The highest BCUT2D eigenvalue weighted by Gasteiger charge is 2.08. The third-order valence-electron chi connectivity index (χ3n) is 1.97. The summed E-state index contributed by atoms with van der Waals surface area (Å²) in [6.07, 6.45) is 1.64. The summed E-state index contributed by atoms with van der Waals surface area (Å²) in [4.78, 5) is 15.5. The first-order chi connectivity index (χ1) is 6.83. The molecule has 1 N–H and O–H groups in total. The molecule has 0 aliphatic carbocycles. The third kappa shape index (κ3) is 1.57. The van der Waals surface area contributed by atoms with Crippen molar-refractivity contribution in [2.75, 3.05) is 0 Å². The standard InChI is InChI=1S/C10H7IN2O/c11-13-10(14)9-8-4-2-1-3-7(8)5-6-12-9/h1-6H,(H,13,14). The number of benzene rings is 1. The summed E-state index contributed by atoms with van der Waals surface area (Å²) in [6, 6.07) is 9.58. The Morgan fingerprint density at radius 3 is 2.86 bits per heavy atom. The van der Waals surface area contributed by atoms with Gasteiger partial charge in [0, 0.05) is 11.6 Å². The van der Waals surface area contributed by atoms with E-state index in [1.54, 1.807) is 6.20 Å². The van der Waals surface area contributed by atoms with Crippen molar-refractivity contribution in [1.29, 1.82) is 0 Å². The molecule has 0 aliphatic heterocycles. The fraction of sp³-hybridized carbons (Fsp3) is 0. The topological polar surface area (TPSA) is 42.0 Å². The summed E-state index contributed by atoms with van der Waals surface area (Å²) in [5.41, 5.74) is 0.470. The van der Waals surface area contributed by atoms with Crippen LogP contribution in [0.2, 0.25) is 0 Å². The predicted octanol–water partition coefficient (Wildman–Crippen LogP) is 2.31. The fourth-order valence-electron chi connectivity index (χ4n) is 1.35. The lowest BCUT2D eigenvalue weighted by molar-refractivity contribution is 0.0986. The number of hydrogen-bond acceptors (Lipinski definition) is 2. The second kappa shape index (κ2) is 3.91. The van der Waals surface area contributed by atoms with Crippen molar-refractivity contribution >= 4 is 39.5 Å². The van der Waals surface area contributed by atoms with Gasteiger partial charge in [0.05, 0.1) is 22.9 Å². The first kappa shape index (κ1) is 9.39. The molecule has 1 amide bonds. The molecule has 0 aliphatic rings. The number of rotatable bonds is 1. The van der Waals surface area contributed by atoms with Gasteiger partial charge in [-0.1, -0.05) is 24.3 Å². The molecule has 0 bridgehead atoms. The second-order valence-corrected chi connectivity index (χ2v) is 3.34. The molecule has 0 unspecified atom stereocenters. The normalized spacial score (nSPS) is 10.1. The predicted molar refractivity (Wildman–Crippen MR) is 63.2 cm³/mol. The van der Waals surface area contributed by atoms with E-state index in [-0.39, 0.29) is 5.91 Å². The lowest BCUT2D eigenvalue weighted by Crippen LogP contribution is -2.13. The Labute approximate surface area is 95.0 Å². The minimum Gasteiger partial charge on any atom is -0.293 e. The molecule has 14 heavy (non-hydrogen) atoms. The van der Waals surface area contributed by atoms with Crippen molar-refractivity contribution < 1.29 is 4.79 Å². The fourth-order valence-corrected chi connectivity index (χ4v) is 1.60. The Morgan fingerprint density at radius 1 is 1.29 bits per heavy atom. The second-order valence-electron chi connectivity index (χ2n) is 2.80. The van der Waals surface area contributed by atoms with Crippen LogP contribution in [0.15, 0.2) is 36.5 Å². The van der Waals surface area contributed by atoms with Gasteiger partial charge in [0.2, 0.25) is 0 Å². The highest BCUT2D eigenvalue weighted by Crippen LogP contribution is 2.16. The molecule has 0 saturated carbocycles. The molecule has 1 heterocycles. The number of nitrogens with zero attached hydrogens (tertiary/aromatic N) is 1. The minimum atomic E-state index is -0.164. The number of aromatic nitrogens is 1. The van der Waals surface area contributed by atoms with Crippen molar-refractivity contribution in [3.63, 3.8) is 0 Å². The zero-order valence-corrected chi connectivity index (χ0v) is 9.36. The lowest BCUT2D eigenvalue weighted by atomic mass is 10.1. The number of hydrogen-bond donors (Lipinski definition) is 1. The molecule has 1 aromatic heterocycles. The van der Waals surface area contributed by atoms with Gasteiger partial charge in [0.1, 0.15) is 5.69 Å². The van der Waals surface area contributed by atoms with E-state index in [9.17, 15) is 4.79 Å².